The third-order valence-electron chi connectivity index (χ3n) is 3.51. The summed E-state index contributed by atoms with van der Waals surface area (Å²) in [6.45, 7) is 0.573. The second-order valence-electron chi connectivity index (χ2n) is 5.17. The van der Waals surface area contributed by atoms with Crippen LogP contribution in [-0.4, -0.2) is 33.7 Å². The molecule has 0 N–H and O–H groups in total. The molecule has 0 spiro atoms. The van der Waals surface area contributed by atoms with E-state index in [1.165, 1.54) is 11.8 Å². The highest BCUT2D eigenvalue weighted by atomic mass is 79.9. The van der Waals surface area contributed by atoms with Crippen molar-refractivity contribution in [3.8, 4) is 5.69 Å². The lowest BCUT2D eigenvalue weighted by molar-refractivity contribution is 0.0778. The van der Waals surface area contributed by atoms with Crippen molar-refractivity contribution in [1.82, 2.24) is 14.5 Å². The second kappa shape index (κ2) is 7.55. The summed E-state index contributed by atoms with van der Waals surface area (Å²) >= 11 is 6.62. The molecule has 3 aromatic rings. The lowest BCUT2D eigenvalue weighted by Crippen LogP contribution is -2.27. The number of imidazole rings is 1. The van der Waals surface area contributed by atoms with E-state index in [-0.39, 0.29) is 5.91 Å². The molecule has 1 amide bonds. The zero-order valence-corrected chi connectivity index (χ0v) is 16.5. The van der Waals surface area contributed by atoms with Gasteiger partial charge in [0.1, 0.15) is 5.69 Å². The van der Waals surface area contributed by atoms with E-state index in [2.05, 4.69) is 20.9 Å². The van der Waals surface area contributed by atoms with Gasteiger partial charge < -0.3 is 4.90 Å². The summed E-state index contributed by atoms with van der Waals surface area (Å²) in [7, 11) is 1.82. The molecule has 24 heavy (non-hydrogen) atoms. The van der Waals surface area contributed by atoms with Gasteiger partial charge in [-0.05, 0) is 46.5 Å². The quantitative estimate of drug-likeness (QED) is 0.560. The first kappa shape index (κ1) is 17.3. The topological polar surface area (TPSA) is 38.1 Å². The van der Waals surface area contributed by atoms with Gasteiger partial charge in [-0.25, -0.2) is 4.98 Å². The van der Waals surface area contributed by atoms with Gasteiger partial charge >= 0.3 is 0 Å². The van der Waals surface area contributed by atoms with Crippen LogP contribution in [-0.2, 0) is 6.54 Å². The molecule has 2 heterocycles. The fourth-order valence-corrected chi connectivity index (χ4v) is 4.48. The van der Waals surface area contributed by atoms with E-state index < -0.39 is 0 Å². The molecule has 4 nitrogen and oxygen atoms in total. The third-order valence-corrected chi connectivity index (χ3v) is 5.78. The Kier molecular flexibility index (Phi) is 5.43. The molecule has 0 saturated heterocycles. The van der Waals surface area contributed by atoms with E-state index in [0.29, 0.717) is 12.2 Å². The smallest absolute Gasteiger partial charge is 0.272 e. The van der Waals surface area contributed by atoms with Gasteiger partial charge in [0.15, 0.2) is 5.16 Å². The number of thiophene rings is 1. The molecule has 0 saturated carbocycles. The van der Waals surface area contributed by atoms with Crippen LogP contribution in [0.1, 0.15) is 15.4 Å². The van der Waals surface area contributed by atoms with Gasteiger partial charge in [-0.1, -0.05) is 30.0 Å². The van der Waals surface area contributed by atoms with Crippen LogP contribution in [0.25, 0.3) is 5.69 Å². The number of carbonyl (C=O) groups excluding carboxylic acids is 1. The lowest BCUT2D eigenvalue weighted by atomic mass is 10.3. The van der Waals surface area contributed by atoms with Gasteiger partial charge in [0.25, 0.3) is 5.91 Å². The van der Waals surface area contributed by atoms with Crippen LogP contribution in [0.5, 0.6) is 0 Å². The molecule has 7 heteroatoms. The van der Waals surface area contributed by atoms with Crippen molar-refractivity contribution in [2.75, 3.05) is 13.3 Å². The Hall–Kier alpha value is -1.57. The number of nitrogens with zero attached hydrogens (tertiary/aromatic N) is 3. The monoisotopic (exact) mass is 421 g/mol. The van der Waals surface area contributed by atoms with E-state index in [4.69, 9.17) is 0 Å². The van der Waals surface area contributed by atoms with Gasteiger partial charge in [0.2, 0.25) is 0 Å². The molecule has 124 valence electrons. The minimum atomic E-state index is -0.0452. The van der Waals surface area contributed by atoms with E-state index in [0.717, 1.165) is 19.5 Å². The largest absolute Gasteiger partial charge is 0.335 e. The Labute approximate surface area is 157 Å². The van der Waals surface area contributed by atoms with Crippen molar-refractivity contribution in [3.05, 3.63) is 63.0 Å². The average molecular weight is 422 g/mol. The second-order valence-corrected chi connectivity index (χ2v) is 8.49. The van der Waals surface area contributed by atoms with Gasteiger partial charge in [-0.15, -0.1) is 11.3 Å². The summed E-state index contributed by atoms with van der Waals surface area (Å²) in [6.07, 6.45) is 3.62. The first-order valence-corrected chi connectivity index (χ1v) is 10.1. The number of hydrogen-bond acceptors (Lipinski definition) is 4. The highest BCUT2D eigenvalue weighted by molar-refractivity contribution is 9.11. The fraction of sp³-hybridized carbons (Fsp3) is 0.176. The third kappa shape index (κ3) is 3.58. The normalized spacial score (nSPS) is 10.8. The van der Waals surface area contributed by atoms with Crippen molar-refractivity contribution in [2.24, 2.45) is 0 Å². The minimum absolute atomic E-state index is 0.0452. The Balaban J connectivity index is 1.91. The van der Waals surface area contributed by atoms with Crippen LogP contribution >= 0.6 is 39.0 Å². The Morgan fingerprint density at radius 3 is 2.67 bits per heavy atom. The van der Waals surface area contributed by atoms with Crippen molar-refractivity contribution in [2.45, 2.75) is 11.7 Å². The summed E-state index contributed by atoms with van der Waals surface area (Å²) < 4.78 is 2.98. The van der Waals surface area contributed by atoms with Crippen molar-refractivity contribution in [1.29, 1.82) is 0 Å². The number of para-hydroxylation sites is 1. The van der Waals surface area contributed by atoms with Crippen molar-refractivity contribution >= 4 is 44.9 Å². The first-order valence-electron chi connectivity index (χ1n) is 7.27. The number of thioether (sulfide) groups is 1. The molecule has 0 bridgehead atoms. The minimum Gasteiger partial charge on any atom is -0.335 e. The van der Waals surface area contributed by atoms with Crippen LogP contribution in [0.4, 0.5) is 0 Å². The molecule has 1 aromatic carbocycles. The number of halogens is 1. The summed E-state index contributed by atoms with van der Waals surface area (Å²) in [5.74, 6) is -0.0452. The molecule has 0 aliphatic rings. The molecular formula is C17H16BrN3OS2. The molecule has 3 rings (SSSR count). The number of aromatic nitrogens is 2. The van der Waals surface area contributed by atoms with E-state index >= 15 is 0 Å². The Bertz CT molecular complexity index is 845. The van der Waals surface area contributed by atoms with Gasteiger partial charge in [0, 0.05) is 17.6 Å². The highest BCUT2D eigenvalue weighted by Gasteiger charge is 2.21. The molecule has 2 aromatic heterocycles. The van der Waals surface area contributed by atoms with Crippen LogP contribution in [0.3, 0.4) is 0 Å². The number of rotatable bonds is 5. The Morgan fingerprint density at radius 1 is 1.29 bits per heavy atom. The molecular weight excluding hydrogens is 406 g/mol. The maximum Gasteiger partial charge on any atom is 0.272 e. The zero-order chi connectivity index (χ0) is 17.1. The fourth-order valence-electron chi connectivity index (χ4n) is 2.39. The van der Waals surface area contributed by atoms with Gasteiger partial charge in [-0.2, -0.15) is 0 Å². The number of hydrogen-bond donors (Lipinski definition) is 0. The molecule has 0 aliphatic heterocycles. The van der Waals surface area contributed by atoms with Gasteiger partial charge in [0.05, 0.1) is 16.5 Å². The van der Waals surface area contributed by atoms with E-state index in [9.17, 15) is 4.79 Å². The highest BCUT2D eigenvalue weighted by Crippen LogP contribution is 2.25. The predicted octanol–water partition coefficient (Wildman–Crippen LogP) is 4.69. The number of benzene rings is 1. The van der Waals surface area contributed by atoms with Crippen LogP contribution in [0.2, 0.25) is 0 Å². The van der Waals surface area contributed by atoms with Crippen LogP contribution < -0.4 is 0 Å². The predicted molar refractivity (Wildman–Crippen MR) is 103 cm³/mol. The maximum atomic E-state index is 12.9. The van der Waals surface area contributed by atoms with Gasteiger partial charge in [-0.3, -0.25) is 9.36 Å². The lowest BCUT2D eigenvalue weighted by Gasteiger charge is -2.18. The summed E-state index contributed by atoms with van der Waals surface area (Å²) in [4.78, 5) is 20.2. The molecule has 0 aliphatic carbocycles. The SMILES string of the molecule is CSc1ncc(C(=O)N(C)Cc2ccc(Br)s2)n1-c1ccccc1. The van der Waals surface area contributed by atoms with Crippen molar-refractivity contribution in [3.63, 3.8) is 0 Å². The maximum absolute atomic E-state index is 12.9. The van der Waals surface area contributed by atoms with Crippen molar-refractivity contribution < 1.29 is 4.79 Å². The summed E-state index contributed by atoms with van der Waals surface area (Å²) in [6, 6.07) is 13.9. The van der Waals surface area contributed by atoms with E-state index in [1.807, 2.05) is 60.3 Å². The number of amides is 1. The Morgan fingerprint density at radius 2 is 2.04 bits per heavy atom. The molecule has 0 atom stereocenters. The van der Waals surface area contributed by atoms with Crippen LogP contribution in [0.15, 0.2) is 57.6 Å². The average Bonchev–Trinajstić information content (AvgIpc) is 3.20. The molecule has 0 unspecified atom stereocenters. The molecule has 0 radical (unpaired) electrons. The first-order chi connectivity index (χ1) is 11.6. The summed E-state index contributed by atoms with van der Waals surface area (Å²) in [5.41, 5.74) is 1.51. The standard InChI is InChI=1S/C17H16BrN3OS2/c1-20(11-13-8-9-15(18)24-13)16(22)14-10-19-17(23-2)21(14)12-6-4-3-5-7-12/h3-10H,11H2,1-2H3. The van der Waals surface area contributed by atoms with E-state index in [1.54, 1.807) is 22.4 Å². The van der Waals surface area contributed by atoms with Crippen LogP contribution in [0, 0.1) is 0 Å². The number of carbonyl (C=O) groups is 1. The zero-order valence-electron chi connectivity index (χ0n) is 13.3. The molecule has 0 fully saturated rings. The summed E-state index contributed by atoms with van der Waals surface area (Å²) in [5, 5.41) is 0.803.